The van der Waals surface area contributed by atoms with Crippen molar-refractivity contribution in [3.63, 3.8) is 0 Å². The summed E-state index contributed by atoms with van der Waals surface area (Å²) in [6.07, 6.45) is 1.55. The maximum Gasteiger partial charge on any atom is 0.338 e. The number of nitrogens with one attached hydrogen (secondary N) is 1. The topological polar surface area (TPSA) is 56.1 Å². The molecule has 4 aromatic rings. The highest BCUT2D eigenvalue weighted by Gasteiger charge is 2.22. The molecular formula is C23H18BrClFN3O2. The molecule has 0 aliphatic carbocycles. The van der Waals surface area contributed by atoms with Crippen LogP contribution in [0.1, 0.15) is 17.3 Å². The third-order valence-electron chi connectivity index (χ3n) is 4.86. The minimum absolute atomic E-state index is 0.173. The van der Waals surface area contributed by atoms with Crippen LogP contribution in [-0.2, 0) is 11.8 Å². The first-order chi connectivity index (χ1) is 14.9. The standard InChI is InChI=1S/C23H18BrClFN3O2/c1-3-31-23(30)15-7-5-4-6-14(15)16-11-19-22(27-12-29(19)2)20(26)21(16)28-18-9-8-13(24)10-17(18)25/h4-12,28H,3H2,1-2H3. The molecule has 1 N–H and O–H groups in total. The number of nitrogens with zero attached hydrogens (tertiary/aromatic N) is 2. The molecule has 0 aliphatic heterocycles. The fraction of sp³-hybridized carbons (Fsp3) is 0.130. The minimum Gasteiger partial charge on any atom is -0.462 e. The van der Waals surface area contributed by atoms with Crippen molar-refractivity contribution in [2.45, 2.75) is 6.92 Å². The second-order valence-electron chi connectivity index (χ2n) is 6.85. The normalized spacial score (nSPS) is 11.0. The quantitative estimate of drug-likeness (QED) is 0.308. The van der Waals surface area contributed by atoms with E-state index >= 15 is 4.39 Å². The van der Waals surface area contributed by atoms with Gasteiger partial charge in [0.2, 0.25) is 0 Å². The fourth-order valence-corrected chi connectivity index (χ4v) is 4.11. The lowest BCUT2D eigenvalue weighted by Gasteiger charge is -2.17. The molecule has 8 heteroatoms. The minimum atomic E-state index is -0.536. The first kappa shape index (κ1) is 21.3. The number of hydrogen-bond acceptors (Lipinski definition) is 4. The van der Waals surface area contributed by atoms with Gasteiger partial charge in [0, 0.05) is 17.1 Å². The van der Waals surface area contributed by atoms with Crippen LogP contribution in [0.3, 0.4) is 0 Å². The van der Waals surface area contributed by atoms with Gasteiger partial charge in [-0.3, -0.25) is 0 Å². The number of imidazole rings is 1. The Hall–Kier alpha value is -2.90. The number of benzene rings is 3. The SMILES string of the molecule is CCOC(=O)c1ccccc1-c1cc2c(ncn2C)c(F)c1Nc1ccc(Br)cc1Cl. The number of aromatic nitrogens is 2. The maximum atomic E-state index is 15.7. The van der Waals surface area contributed by atoms with Gasteiger partial charge in [0.05, 0.1) is 40.4 Å². The lowest BCUT2D eigenvalue weighted by atomic mass is 9.97. The molecular weight excluding hydrogens is 485 g/mol. The molecule has 1 aromatic heterocycles. The zero-order chi connectivity index (χ0) is 22.1. The number of ether oxygens (including phenoxy) is 1. The van der Waals surface area contributed by atoms with E-state index in [4.69, 9.17) is 16.3 Å². The molecule has 0 unspecified atom stereocenters. The molecule has 0 aliphatic rings. The van der Waals surface area contributed by atoms with E-state index in [2.05, 4.69) is 26.2 Å². The van der Waals surface area contributed by atoms with Crippen molar-refractivity contribution in [2.75, 3.05) is 11.9 Å². The number of fused-ring (bicyclic) bond motifs is 1. The molecule has 1 heterocycles. The van der Waals surface area contributed by atoms with E-state index in [-0.39, 0.29) is 17.8 Å². The highest BCUT2D eigenvalue weighted by atomic mass is 79.9. The zero-order valence-electron chi connectivity index (χ0n) is 16.7. The monoisotopic (exact) mass is 501 g/mol. The summed E-state index contributed by atoms with van der Waals surface area (Å²) < 4.78 is 23.4. The van der Waals surface area contributed by atoms with Gasteiger partial charge in [-0.05, 0) is 42.8 Å². The van der Waals surface area contributed by atoms with Crippen molar-refractivity contribution in [1.82, 2.24) is 9.55 Å². The first-order valence-electron chi connectivity index (χ1n) is 9.52. The summed E-state index contributed by atoms with van der Waals surface area (Å²) in [5.41, 5.74) is 2.89. The van der Waals surface area contributed by atoms with E-state index in [9.17, 15) is 4.79 Å². The van der Waals surface area contributed by atoms with E-state index in [1.807, 2.05) is 0 Å². The number of rotatable bonds is 5. The van der Waals surface area contributed by atoms with E-state index < -0.39 is 11.8 Å². The summed E-state index contributed by atoms with van der Waals surface area (Å²) in [6, 6.07) is 14.0. The Kier molecular flexibility index (Phi) is 5.98. The fourth-order valence-electron chi connectivity index (χ4n) is 3.39. The molecule has 0 amide bonds. The molecule has 0 saturated carbocycles. The summed E-state index contributed by atoms with van der Waals surface area (Å²) in [6.45, 7) is 1.98. The van der Waals surface area contributed by atoms with Gasteiger partial charge in [0.15, 0.2) is 5.82 Å². The van der Waals surface area contributed by atoms with E-state index in [1.54, 1.807) is 73.4 Å². The van der Waals surface area contributed by atoms with Crippen LogP contribution in [0.15, 0.2) is 59.3 Å². The number of esters is 1. The Balaban J connectivity index is 1.98. The van der Waals surface area contributed by atoms with Crippen LogP contribution >= 0.6 is 27.5 Å². The second-order valence-corrected chi connectivity index (χ2v) is 8.17. The van der Waals surface area contributed by atoms with Gasteiger partial charge in [0.25, 0.3) is 0 Å². The van der Waals surface area contributed by atoms with Crippen molar-refractivity contribution >= 4 is 55.9 Å². The highest BCUT2D eigenvalue weighted by molar-refractivity contribution is 9.10. The summed E-state index contributed by atoms with van der Waals surface area (Å²) in [5, 5.41) is 3.52. The van der Waals surface area contributed by atoms with E-state index in [1.165, 1.54) is 0 Å². The lowest BCUT2D eigenvalue weighted by molar-refractivity contribution is 0.0527. The van der Waals surface area contributed by atoms with Gasteiger partial charge in [-0.15, -0.1) is 0 Å². The number of halogens is 3. The van der Waals surface area contributed by atoms with Crippen molar-refractivity contribution in [3.8, 4) is 11.1 Å². The van der Waals surface area contributed by atoms with Crippen LogP contribution < -0.4 is 5.32 Å². The Morgan fingerprint density at radius 2 is 2.00 bits per heavy atom. The lowest BCUT2D eigenvalue weighted by Crippen LogP contribution is -2.07. The van der Waals surface area contributed by atoms with Crippen LogP contribution in [0.5, 0.6) is 0 Å². The van der Waals surface area contributed by atoms with Crippen LogP contribution in [0.25, 0.3) is 22.2 Å². The predicted octanol–water partition coefficient (Wildman–Crippen LogP) is 6.72. The number of anilines is 2. The molecule has 158 valence electrons. The molecule has 0 fully saturated rings. The van der Waals surface area contributed by atoms with E-state index in [0.29, 0.717) is 32.9 Å². The largest absolute Gasteiger partial charge is 0.462 e. The average Bonchev–Trinajstić information content (AvgIpc) is 3.12. The predicted molar refractivity (Wildman–Crippen MR) is 124 cm³/mol. The molecule has 0 bridgehead atoms. The van der Waals surface area contributed by atoms with E-state index in [0.717, 1.165) is 4.47 Å². The number of carbonyl (C=O) groups excluding carboxylic acids is 1. The van der Waals surface area contributed by atoms with Gasteiger partial charge in [-0.1, -0.05) is 45.7 Å². The second kappa shape index (κ2) is 8.69. The van der Waals surface area contributed by atoms with Crippen LogP contribution in [-0.4, -0.2) is 22.1 Å². The Bertz CT molecular complexity index is 1310. The number of aryl methyl sites for hydroxylation is 1. The third-order valence-corrected chi connectivity index (χ3v) is 5.67. The summed E-state index contributed by atoms with van der Waals surface area (Å²) >= 11 is 9.74. The van der Waals surface area contributed by atoms with Crippen LogP contribution in [0, 0.1) is 5.82 Å². The zero-order valence-corrected chi connectivity index (χ0v) is 19.1. The summed E-state index contributed by atoms with van der Waals surface area (Å²) in [7, 11) is 1.79. The molecule has 31 heavy (non-hydrogen) atoms. The smallest absolute Gasteiger partial charge is 0.338 e. The number of carbonyl (C=O) groups is 1. The molecule has 5 nitrogen and oxygen atoms in total. The van der Waals surface area contributed by atoms with Gasteiger partial charge in [-0.25, -0.2) is 14.2 Å². The Morgan fingerprint density at radius 3 is 2.74 bits per heavy atom. The average molecular weight is 503 g/mol. The van der Waals surface area contributed by atoms with Crippen molar-refractivity contribution in [1.29, 1.82) is 0 Å². The van der Waals surface area contributed by atoms with Gasteiger partial charge in [-0.2, -0.15) is 0 Å². The van der Waals surface area contributed by atoms with Gasteiger partial charge in [0.1, 0.15) is 5.52 Å². The highest BCUT2D eigenvalue weighted by Crippen LogP contribution is 2.40. The molecule has 0 radical (unpaired) electrons. The molecule has 3 aromatic carbocycles. The molecule has 0 atom stereocenters. The summed E-state index contributed by atoms with van der Waals surface area (Å²) in [5.74, 6) is -1.01. The Labute approximate surface area is 191 Å². The van der Waals surface area contributed by atoms with Crippen LogP contribution in [0.4, 0.5) is 15.8 Å². The van der Waals surface area contributed by atoms with Crippen molar-refractivity contribution in [3.05, 3.63) is 75.7 Å². The van der Waals surface area contributed by atoms with Gasteiger partial charge < -0.3 is 14.6 Å². The molecule has 0 saturated heterocycles. The summed E-state index contributed by atoms with van der Waals surface area (Å²) in [4.78, 5) is 16.8. The number of hydrogen-bond donors (Lipinski definition) is 1. The van der Waals surface area contributed by atoms with Crippen molar-refractivity contribution in [2.24, 2.45) is 7.05 Å². The Morgan fingerprint density at radius 1 is 1.23 bits per heavy atom. The van der Waals surface area contributed by atoms with Gasteiger partial charge >= 0.3 is 5.97 Å². The van der Waals surface area contributed by atoms with Crippen molar-refractivity contribution < 1.29 is 13.9 Å². The van der Waals surface area contributed by atoms with Crippen LogP contribution in [0.2, 0.25) is 5.02 Å². The molecule has 4 rings (SSSR count). The third kappa shape index (κ3) is 4.03. The molecule has 0 spiro atoms. The maximum absolute atomic E-state index is 15.7. The first-order valence-corrected chi connectivity index (χ1v) is 10.7.